The summed E-state index contributed by atoms with van der Waals surface area (Å²) in [6.07, 6.45) is 6.26. The summed E-state index contributed by atoms with van der Waals surface area (Å²) in [6, 6.07) is 3.52. The number of aromatic nitrogens is 7. The summed E-state index contributed by atoms with van der Waals surface area (Å²) in [4.78, 5) is 25.6. The Morgan fingerprint density at radius 2 is 1.94 bits per heavy atom. The Kier molecular flexibility index (Phi) is 4.44. The summed E-state index contributed by atoms with van der Waals surface area (Å²) in [6.45, 7) is 3.65. The molecule has 11 heteroatoms. The first-order chi connectivity index (χ1) is 16.1. The number of likely N-dealkylation sites (N-methyl/N-ethyl adjacent to an activating group) is 1. The molecule has 0 atom stereocenters. The highest BCUT2D eigenvalue weighted by molar-refractivity contribution is 5.96. The molecule has 0 aliphatic carbocycles. The number of anilines is 2. The SMILES string of the molecule is CN1CCN(c2nccc3[nH]c(-c4[nH]nc5ncc(-c6cncc(N)c6)c(F)c45)nc23)CC1. The third-order valence-corrected chi connectivity index (χ3v) is 6.01. The smallest absolute Gasteiger partial charge is 0.184 e. The van der Waals surface area contributed by atoms with Crippen LogP contribution >= 0.6 is 0 Å². The van der Waals surface area contributed by atoms with Crippen molar-refractivity contribution in [2.75, 3.05) is 43.9 Å². The number of nitrogens with two attached hydrogens (primary N) is 1. The quantitative estimate of drug-likeness (QED) is 0.387. The van der Waals surface area contributed by atoms with Crippen molar-refractivity contribution in [3.8, 4) is 22.6 Å². The Labute approximate surface area is 187 Å². The van der Waals surface area contributed by atoms with Crippen molar-refractivity contribution in [3.05, 3.63) is 42.7 Å². The molecule has 6 rings (SSSR count). The van der Waals surface area contributed by atoms with Gasteiger partial charge in [-0.1, -0.05) is 0 Å². The molecular formula is C22H21FN10. The van der Waals surface area contributed by atoms with Gasteiger partial charge in [0, 0.05) is 62.1 Å². The predicted molar refractivity (Wildman–Crippen MR) is 124 cm³/mol. The van der Waals surface area contributed by atoms with E-state index in [0.29, 0.717) is 28.3 Å². The van der Waals surface area contributed by atoms with Gasteiger partial charge in [-0.25, -0.2) is 19.3 Å². The molecule has 1 fully saturated rings. The fraction of sp³-hybridized carbons (Fsp3) is 0.227. The largest absolute Gasteiger partial charge is 0.397 e. The number of piperazine rings is 1. The van der Waals surface area contributed by atoms with Crippen LogP contribution in [0.2, 0.25) is 0 Å². The highest BCUT2D eigenvalue weighted by Crippen LogP contribution is 2.34. The second-order valence-electron chi connectivity index (χ2n) is 8.20. The minimum atomic E-state index is -0.464. The van der Waals surface area contributed by atoms with Crippen molar-refractivity contribution in [2.24, 2.45) is 0 Å². The van der Waals surface area contributed by atoms with Gasteiger partial charge < -0.3 is 20.5 Å². The maximum Gasteiger partial charge on any atom is 0.184 e. The van der Waals surface area contributed by atoms with Crippen LogP contribution < -0.4 is 10.6 Å². The van der Waals surface area contributed by atoms with E-state index in [1.165, 1.54) is 12.4 Å². The molecule has 1 aliphatic rings. The molecular weight excluding hydrogens is 423 g/mol. The Hall–Kier alpha value is -4.12. The second-order valence-corrected chi connectivity index (χ2v) is 8.20. The summed E-state index contributed by atoms with van der Waals surface area (Å²) in [5, 5.41) is 7.34. The van der Waals surface area contributed by atoms with Crippen molar-refractivity contribution in [3.63, 3.8) is 0 Å². The fourth-order valence-corrected chi connectivity index (χ4v) is 4.22. The summed E-state index contributed by atoms with van der Waals surface area (Å²) < 4.78 is 15.7. The Morgan fingerprint density at radius 3 is 2.76 bits per heavy atom. The molecule has 1 saturated heterocycles. The molecule has 10 nitrogen and oxygen atoms in total. The zero-order valence-electron chi connectivity index (χ0n) is 17.9. The molecule has 33 heavy (non-hydrogen) atoms. The molecule has 0 radical (unpaired) electrons. The Bertz CT molecular complexity index is 1480. The van der Waals surface area contributed by atoms with Gasteiger partial charge in [-0.2, -0.15) is 5.10 Å². The highest BCUT2D eigenvalue weighted by Gasteiger charge is 2.23. The van der Waals surface area contributed by atoms with Gasteiger partial charge in [0.05, 0.1) is 16.6 Å². The van der Waals surface area contributed by atoms with Gasteiger partial charge in [0.2, 0.25) is 0 Å². The monoisotopic (exact) mass is 444 g/mol. The zero-order chi connectivity index (χ0) is 22.5. The van der Waals surface area contributed by atoms with Crippen LogP contribution in [0.3, 0.4) is 0 Å². The summed E-state index contributed by atoms with van der Waals surface area (Å²) in [5.41, 5.74) is 9.36. The van der Waals surface area contributed by atoms with E-state index in [4.69, 9.17) is 10.7 Å². The molecule has 0 saturated carbocycles. The maximum atomic E-state index is 15.7. The highest BCUT2D eigenvalue weighted by atomic mass is 19.1. The fourth-order valence-electron chi connectivity index (χ4n) is 4.22. The minimum Gasteiger partial charge on any atom is -0.397 e. The van der Waals surface area contributed by atoms with Crippen molar-refractivity contribution in [1.82, 2.24) is 40.0 Å². The van der Waals surface area contributed by atoms with Crippen LogP contribution in [-0.4, -0.2) is 73.2 Å². The van der Waals surface area contributed by atoms with E-state index in [9.17, 15) is 0 Å². The molecule has 6 heterocycles. The molecule has 0 bridgehead atoms. The third-order valence-electron chi connectivity index (χ3n) is 6.01. The number of fused-ring (bicyclic) bond motifs is 2. The normalized spacial score (nSPS) is 15.0. The molecule has 5 aromatic rings. The van der Waals surface area contributed by atoms with E-state index >= 15 is 4.39 Å². The Morgan fingerprint density at radius 1 is 1.09 bits per heavy atom. The van der Waals surface area contributed by atoms with Crippen molar-refractivity contribution >= 4 is 33.6 Å². The molecule has 5 aromatic heterocycles. The van der Waals surface area contributed by atoms with E-state index in [0.717, 1.165) is 43.0 Å². The number of nitrogens with zero attached hydrogens (tertiary/aromatic N) is 7. The molecule has 4 N–H and O–H groups in total. The average molecular weight is 444 g/mol. The Balaban J connectivity index is 1.48. The lowest BCUT2D eigenvalue weighted by molar-refractivity contribution is 0.312. The molecule has 166 valence electrons. The predicted octanol–water partition coefficient (Wildman–Crippen LogP) is 2.43. The second kappa shape index (κ2) is 7.48. The van der Waals surface area contributed by atoms with Crippen LogP contribution in [0, 0.1) is 5.82 Å². The minimum absolute atomic E-state index is 0.253. The lowest BCUT2D eigenvalue weighted by Gasteiger charge is -2.33. The van der Waals surface area contributed by atoms with E-state index in [-0.39, 0.29) is 11.0 Å². The van der Waals surface area contributed by atoms with Crippen LogP contribution in [0.15, 0.2) is 36.9 Å². The molecule has 0 spiro atoms. The van der Waals surface area contributed by atoms with Gasteiger partial charge in [-0.05, 0) is 19.2 Å². The van der Waals surface area contributed by atoms with Crippen LogP contribution in [0.1, 0.15) is 0 Å². The molecule has 0 aromatic carbocycles. The number of rotatable bonds is 3. The molecule has 0 unspecified atom stereocenters. The van der Waals surface area contributed by atoms with Crippen LogP contribution in [-0.2, 0) is 0 Å². The summed E-state index contributed by atoms with van der Waals surface area (Å²) in [5.74, 6) is 0.825. The van der Waals surface area contributed by atoms with Gasteiger partial charge in [0.25, 0.3) is 0 Å². The summed E-state index contributed by atoms with van der Waals surface area (Å²) in [7, 11) is 2.11. The van der Waals surface area contributed by atoms with Gasteiger partial charge in [-0.3, -0.25) is 10.1 Å². The first-order valence-corrected chi connectivity index (χ1v) is 10.6. The number of imidazole rings is 1. The van der Waals surface area contributed by atoms with Crippen LogP contribution in [0.25, 0.3) is 44.7 Å². The number of halogens is 1. The first kappa shape index (κ1) is 19.6. The number of pyridine rings is 3. The van der Waals surface area contributed by atoms with Crippen molar-refractivity contribution in [1.29, 1.82) is 0 Å². The number of hydrogen-bond acceptors (Lipinski definition) is 8. The molecule has 0 amide bonds. The standard InChI is InChI=1S/C22H21FN10/c1-32-4-6-33(7-5-32)22-18-15(2-3-26-22)28-21(29-18)19-16-17(23)14(11-27-20(16)31-30-19)12-8-13(24)10-25-9-12/h2-3,8-11H,4-7,24H2,1H3,(H,28,29)(H,27,30,31). The topological polar surface area (TPSA) is 129 Å². The maximum absolute atomic E-state index is 15.7. The number of H-pyrrole nitrogens is 2. The molecule has 1 aliphatic heterocycles. The number of nitrogens with one attached hydrogen (secondary N) is 2. The van der Waals surface area contributed by atoms with Gasteiger partial charge in [0.1, 0.15) is 17.0 Å². The lowest BCUT2D eigenvalue weighted by Crippen LogP contribution is -2.44. The van der Waals surface area contributed by atoms with Gasteiger partial charge >= 0.3 is 0 Å². The number of hydrogen-bond donors (Lipinski definition) is 3. The average Bonchev–Trinajstić information content (AvgIpc) is 3.44. The van der Waals surface area contributed by atoms with E-state index in [1.807, 2.05) is 6.07 Å². The lowest BCUT2D eigenvalue weighted by atomic mass is 10.1. The van der Waals surface area contributed by atoms with E-state index in [1.54, 1.807) is 18.5 Å². The van der Waals surface area contributed by atoms with Crippen LogP contribution in [0.4, 0.5) is 15.9 Å². The first-order valence-electron chi connectivity index (χ1n) is 10.6. The zero-order valence-corrected chi connectivity index (χ0v) is 17.9. The van der Waals surface area contributed by atoms with Crippen molar-refractivity contribution < 1.29 is 4.39 Å². The van der Waals surface area contributed by atoms with Gasteiger partial charge in [-0.15, -0.1) is 0 Å². The van der Waals surface area contributed by atoms with Crippen LogP contribution in [0.5, 0.6) is 0 Å². The third kappa shape index (κ3) is 3.24. The van der Waals surface area contributed by atoms with E-state index in [2.05, 4.69) is 47.0 Å². The van der Waals surface area contributed by atoms with E-state index < -0.39 is 5.82 Å². The van der Waals surface area contributed by atoms with Gasteiger partial charge in [0.15, 0.2) is 17.3 Å². The number of nitrogen functional groups attached to an aromatic ring is 1. The number of aromatic amines is 2. The summed E-state index contributed by atoms with van der Waals surface area (Å²) >= 11 is 0. The van der Waals surface area contributed by atoms with Crippen molar-refractivity contribution in [2.45, 2.75) is 0 Å².